The van der Waals surface area contributed by atoms with Gasteiger partial charge in [-0.2, -0.15) is 0 Å². The first kappa shape index (κ1) is 11.4. The summed E-state index contributed by atoms with van der Waals surface area (Å²) < 4.78 is 6.20. The van der Waals surface area contributed by atoms with E-state index in [1.807, 2.05) is 6.92 Å². The van der Waals surface area contributed by atoms with Crippen molar-refractivity contribution >= 4 is 22.9 Å². The van der Waals surface area contributed by atoms with Crippen LogP contribution in [0, 0.1) is 12.8 Å². The Morgan fingerprint density at radius 2 is 2.20 bits per heavy atom. The predicted octanol–water partition coefficient (Wildman–Crippen LogP) is 3.14. The molecule has 1 fully saturated rings. The van der Waals surface area contributed by atoms with Crippen LogP contribution in [-0.2, 0) is 4.74 Å². The van der Waals surface area contributed by atoms with Crippen molar-refractivity contribution < 1.29 is 4.74 Å². The monoisotopic (exact) mass is 245 g/mol. The molecule has 84 valence electrons. The molecule has 1 unspecified atom stereocenters. The van der Waals surface area contributed by atoms with Crippen LogP contribution in [0.2, 0.25) is 4.34 Å². The van der Waals surface area contributed by atoms with Crippen LogP contribution in [0.15, 0.2) is 6.07 Å². The summed E-state index contributed by atoms with van der Waals surface area (Å²) in [5.74, 6) is 0.549. The van der Waals surface area contributed by atoms with Gasteiger partial charge < -0.3 is 10.5 Å². The fourth-order valence-electron chi connectivity index (χ4n) is 1.96. The first-order valence-corrected chi connectivity index (χ1v) is 6.47. The smallest absolute Gasteiger partial charge is 0.0960 e. The van der Waals surface area contributed by atoms with Crippen molar-refractivity contribution in [3.63, 3.8) is 0 Å². The van der Waals surface area contributed by atoms with Crippen molar-refractivity contribution in [2.24, 2.45) is 11.7 Å². The quantitative estimate of drug-likeness (QED) is 0.869. The van der Waals surface area contributed by atoms with Crippen LogP contribution < -0.4 is 5.73 Å². The molecule has 1 atom stereocenters. The minimum atomic E-state index is 0.130. The summed E-state index contributed by atoms with van der Waals surface area (Å²) in [5.41, 5.74) is 7.39. The standard InChI is InChI=1S/C11H16ClNOS/c1-7-6-9(15-11(7)12)10(13)8-2-4-14-5-3-8/h6,8,10H,2-5,13H2,1H3. The zero-order chi connectivity index (χ0) is 10.8. The third kappa shape index (κ3) is 2.53. The van der Waals surface area contributed by atoms with Crippen LogP contribution in [0.5, 0.6) is 0 Å². The van der Waals surface area contributed by atoms with Gasteiger partial charge in [-0.05, 0) is 37.3 Å². The molecule has 2 N–H and O–H groups in total. The molecule has 2 heterocycles. The van der Waals surface area contributed by atoms with E-state index in [4.69, 9.17) is 22.1 Å². The van der Waals surface area contributed by atoms with Gasteiger partial charge in [0.05, 0.1) is 4.34 Å². The Morgan fingerprint density at radius 3 is 2.73 bits per heavy atom. The van der Waals surface area contributed by atoms with Gasteiger partial charge in [0, 0.05) is 24.1 Å². The van der Waals surface area contributed by atoms with Crippen molar-refractivity contribution in [1.29, 1.82) is 0 Å². The zero-order valence-corrected chi connectivity index (χ0v) is 10.4. The van der Waals surface area contributed by atoms with Crippen molar-refractivity contribution in [3.05, 3.63) is 20.8 Å². The maximum Gasteiger partial charge on any atom is 0.0960 e. The normalized spacial score (nSPS) is 20.5. The van der Waals surface area contributed by atoms with E-state index in [0.29, 0.717) is 5.92 Å². The number of hydrogen-bond acceptors (Lipinski definition) is 3. The maximum absolute atomic E-state index is 6.25. The summed E-state index contributed by atoms with van der Waals surface area (Å²) in [6.07, 6.45) is 2.13. The van der Waals surface area contributed by atoms with Gasteiger partial charge in [0.1, 0.15) is 0 Å². The van der Waals surface area contributed by atoms with Crippen molar-refractivity contribution in [2.45, 2.75) is 25.8 Å². The third-order valence-corrected chi connectivity index (χ3v) is 4.64. The molecule has 1 saturated heterocycles. The minimum Gasteiger partial charge on any atom is -0.381 e. The van der Waals surface area contributed by atoms with Gasteiger partial charge in [0.25, 0.3) is 0 Å². The van der Waals surface area contributed by atoms with Crippen LogP contribution in [0.3, 0.4) is 0 Å². The SMILES string of the molecule is Cc1cc(C(N)C2CCOCC2)sc1Cl. The van der Waals surface area contributed by atoms with E-state index < -0.39 is 0 Å². The van der Waals surface area contributed by atoms with Crippen LogP contribution in [-0.4, -0.2) is 13.2 Å². The number of ether oxygens (including phenoxy) is 1. The minimum absolute atomic E-state index is 0.130. The summed E-state index contributed by atoms with van der Waals surface area (Å²) in [6, 6.07) is 2.25. The molecule has 0 aliphatic carbocycles. The summed E-state index contributed by atoms with van der Waals surface area (Å²) in [6.45, 7) is 3.71. The Labute approximate surface area is 99.4 Å². The third-order valence-electron chi connectivity index (χ3n) is 2.98. The van der Waals surface area contributed by atoms with Crippen LogP contribution in [0.4, 0.5) is 0 Å². The lowest BCUT2D eigenvalue weighted by molar-refractivity contribution is 0.0587. The molecule has 2 nitrogen and oxygen atoms in total. The molecule has 15 heavy (non-hydrogen) atoms. The van der Waals surface area contributed by atoms with Crippen LogP contribution in [0.1, 0.15) is 29.3 Å². The van der Waals surface area contributed by atoms with E-state index in [2.05, 4.69) is 6.07 Å². The maximum atomic E-state index is 6.25. The van der Waals surface area contributed by atoms with Gasteiger partial charge >= 0.3 is 0 Å². The van der Waals surface area contributed by atoms with Crippen LogP contribution in [0.25, 0.3) is 0 Å². The molecule has 1 aliphatic rings. The lowest BCUT2D eigenvalue weighted by Crippen LogP contribution is -2.26. The zero-order valence-electron chi connectivity index (χ0n) is 8.83. The highest BCUT2D eigenvalue weighted by Crippen LogP contribution is 2.35. The van der Waals surface area contributed by atoms with Gasteiger partial charge in [-0.3, -0.25) is 0 Å². The Morgan fingerprint density at radius 1 is 1.53 bits per heavy atom. The highest BCUT2D eigenvalue weighted by molar-refractivity contribution is 7.16. The first-order valence-electron chi connectivity index (χ1n) is 5.27. The second-order valence-corrected chi connectivity index (χ2v) is 5.77. The second-order valence-electron chi connectivity index (χ2n) is 4.08. The first-order chi connectivity index (χ1) is 7.18. The Balaban J connectivity index is 2.08. The van der Waals surface area contributed by atoms with Crippen molar-refractivity contribution in [1.82, 2.24) is 0 Å². The number of hydrogen-bond donors (Lipinski definition) is 1. The Hall–Kier alpha value is -0.0900. The molecule has 4 heteroatoms. The van der Waals surface area contributed by atoms with Gasteiger partial charge in [-0.15, -0.1) is 11.3 Å². The molecule has 1 aromatic rings. The molecule has 0 spiro atoms. The molecule has 1 aromatic heterocycles. The summed E-state index contributed by atoms with van der Waals surface area (Å²) in [4.78, 5) is 1.21. The molecule has 0 aromatic carbocycles. The highest BCUT2D eigenvalue weighted by Gasteiger charge is 2.23. The average molecular weight is 246 g/mol. The molecule has 1 aliphatic heterocycles. The molecule has 0 bridgehead atoms. The summed E-state index contributed by atoms with van der Waals surface area (Å²) in [7, 11) is 0. The predicted molar refractivity (Wildman–Crippen MR) is 64.5 cm³/mol. The van der Waals surface area contributed by atoms with E-state index in [9.17, 15) is 0 Å². The molecule has 2 rings (SSSR count). The summed E-state index contributed by atoms with van der Waals surface area (Å²) >= 11 is 7.67. The molecule has 0 radical (unpaired) electrons. The van der Waals surface area contributed by atoms with Gasteiger partial charge in [-0.1, -0.05) is 11.6 Å². The largest absolute Gasteiger partial charge is 0.381 e. The number of halogens is 1. The van der Waals surface area contributed by atoms with Gasteiger partial charge in [0.15, 0.2) is 0 Å². The van der Waals surface area contributed by atoms with E-state index in [1.54, 1.807) is 11.3 Å². The van der Waals surface area contributed by atoms with Crippen molar-refractivity contribution in [3.8, 4) is 0 Å². The Kier molecular flexibility index (Phi) is 3.67. The van der Waals surface area contributed by atoms with Gasteiger partial charge in [0.2, 0.25) is 0 Å². The fraction of sp³-hybridized carbons (Fsp3) is 0.636. The molecular weight excluding hydrogens is 230 g/mol. The summed E-state index contributed by atoms with van der Waals surface area (Å²) in [5, 5.41) is 0. The van der Waals surface area contributed by atoms with Crippen LogP contribution >= 0.6 is 22.9 Å². The van der Waals surface area contributed by atoms with Gasteiger partial charge in [-0.25, -0.2) is 0 Å². The number of rotatable bonds is 2. The molecular formula is C11H16ClNOS. The highest BCUT2D eigenvalue weighted by atomic mass is 35.5. The lowest BCUT2D eigenvalue weighted by atomic mass is 9.91. The van der Waals surface area contributed by atoms with E-state index in [1.165, 1.54) is 4.88 Å². The number of nitrogens with two attached hydrogens (primary N) is 1. The number of aryl methyl sites for hydroxylation is 1. The van der Waals surface area contributed by atoms with E-state index >= 15 is 0 Å². The van der Waals surface area contributed by atoms with Crippen molar-refractivity contribution in [2.75, 3.05) is 13.2 Å². The molecule has 0 saturated carbocycles. The molecule has 0 amide bonds. The lowest BCUT2D eigenvalue weighted by Gasteiger charge is -2.26. The Bertz CT molecular complexity index is 314. The van der Waals surface area contributed by atoms with E-state index in [0.717, 1.165) is 36.0 Å². The fourth-order valence-corrected chi connectivity index (χ4v) is 3.27. The second kappa shape index (κ2) is 4.83. The number of thiophene rings is 1. The van der Waals surface area contributed by atoms with E-state index in [-0.39, 0.29) is 6.04 Å². The average Bonchev–Trinajstić information content (AvgIpc) is 2.59. The topological polar surface area (TPSA) is 35.2 Å².